The number of nitrogens with two attached hydrogens (primary N) is 1. The van der Waals surface area contributed by atoms with Gasteiger partial charge in [-0.3, -0.25) is 0 Å². The zero-order valence-corrected chi connectivity index (χ0v) is 9.36. The van der Waals surface area contributed by atoms with Crippen molar-refractivity contribution in [2.24, 2.45) is 5.73 Å². The van der Waals surface area contributed by atoms with Gasteiger partial charge < -0.3 is 5.73 Å². The van der Waals surface area contributed by atoms with E-state index < -0.39 is 0 Å². The van der Waals surface area contributed by atoms with E-state index in [2.05, 4.69) is 15.4 Å². The Balaban J connectivity index is 2.60. The van der Waals surface area contributed by atoms with Crippen LogP contribution in [-0.2, 0) is 12.0 Å². The monoisotopic (exact) mass is 197 g/mol. The molecule has 0 saturated carbocycles. The summed E-state index contributed by atoms with van der Waals surface area (Å²) in [6.07, 6.45) is 1.70. The highest BCUT2D eigenvalue weighted by Gasteiger charge is 2.16. The number of aryl methyl sites for hydroxylation is 1. The Labute approximate surface area is 84.7 Å². The number of hydrogen-bond donors (Lipinski definition) is 1. The highest BCUT2D eigenvalue weighted by molar-refractivity contribution is 4.80. The third-order valence-corrected chi connectivity index (χ3v) is 1.88. The van der Waals surface area contributed by atoms with Gasteiger partial charge in [-0.15, -0.1) is 10.2 Å². The normalized spacial score (nSPS) is 14.4. The van der Waals surface area contributed by atoms with Crippen LogP contribution in [0.4, 0.5) is 0 Å². The molecule has 0 amide bonds. The van der Waals surface area contributed by atoms with Crippen LogP contribution in [0.5, 0.6) is 0 Å². The van der Waals surface area contributed by atoms with Crippen LogP contribution >= 0.6 is 0 Å². The van der Waals surface area contributed by atoms with Crippen molar-refractivity contribution in [3.05, 3.63) is 5.82 Å². The summed E-state index contributed by atoms with van der Waals surface area (Å²) in [5.41, 5.74) is 5.55. The van der Waals surface area contributed by atoms with Crippen LogP contribution in [-0.4, -0.2) is 26.2 Å². The molecule has 14 heavy (non-hydrogen) atoms. The lowest BCUT2D eigenvalue weighted by Gasteiger charge is -2.15. The first-order chi connectivity index (χ1) is 6.39. The fourth-order valence-corrected chi connectivity index (χ4v) is 0.984. The molecule has 0 bridgehead atoms. The summed E-state index contributed by atoms with van der Waals surface area (Å²) in [5, 5.41) is 12.3. The molecule has 0 spiro atoms. The summed E-state index contributed by atoms with van der Waals surface area (Å²) in [5.74, 6) is 0.775. The predicted molar refractivity (Wildman–Crippen MR) is 54.8 cm³/mol. The number of rotatable bonds is 3. The summed E-state index contributed by atoms with van der Waals surface area (Å²) < 4.78 is 0. The van der Waals surface area contributed by atoms with E-state index >= 15 is 0 Å². The molecule has 0 aliphatic rings. The van der Waals surface area contributed by atoms with Gasteiger partial charge in [0.2, 0.25) is 0 Å². The highest BCUT2D eigenvalue weighted by atomic mass is 15.6. The molecule has 0 aliphatic carbocycles. The second kappa shape index (κ2) is 4.04. The van der Waals surface area contributed by atoms with E-state index in [1.807, 2.05) is 27.7 Å². The Morgan fingerprint density at radius 3 is 2.50 bits per heavy atom. The van der Waals surface area contributed by atoms with Crippen molar-refractivity contribution < 1.29 is 0 Å². The van der Waals surface area contributed by atoms with Crippen molar-refractivity contribution in [1.29, 1.82) is 0 Å². The van der Waals surface area contributed by atoms with Gasteiger partial charge in [-0.25, -0.2) is 0 Å². The molecule has 1 rings (SSSR count). The van der Waals surface area contributed by atoms with Crippen LogP contribution < -0.4 is 5.73 Å². The van der Waals surface area contributed by atoms with E-state index in [0.29, 0.717) is 0 Å². The zero-order chi connectivity index (χ0) is 10.8. The lowest BCUT2D eigenvalue weighted by atomic mass is 10.1. The largest absolute Gasteiger partial charge is 0.328 e. The summed E-state index contributed by atoms with van der Waals surface area (Å²) >= 11 is 0. The minimum absolute atomic E-state index is 0.0976. The molecule has 0 fully saturated rings. The van der Waals surface area contributed by atoms with Crippen LogP contribution in [0.15, 0.2) is 0 Å². The Morgan fingerprint density at radius 1 is 1.43 bits per heavy atom. The van der Waals surface area contributed by atoms with E-state index in [9.17, 15) is 0 Å². The first kappa shape index (κ1) is 11.1. The maximum Gasteiger partial charge on any atom is 0.174 e. The molecule has 5 nitrogen and oxygen atoms in total. The van der Waals surface area contributed by atoms with Gasteiger partial charge in [0, 0.05) is 12.5 Å². The van der Waals surface area contributed by atoms with E-state index in [4.69, 9.17) is 5.73 Å². The molecular formula is C9H19N5. The highest BCUT2D eigenvalue weighted by Crippen LogP contribution is 2.09. The van der Waals surface area contributed by atoms with Crippen LogP contribution in [0, 0.1) is 0 Å². The molecule has 2 N–H and O–H groups in total. The average Bonchev–Trinajstić information content (AvgIpc) is 2.47. The van der Waals surface area contributed by atoms with Gasteiger partial charge in [0.05, 0.1) is 5.54 Å². The predicted octanol–water partition coefficient (Wildman–Crippen LogP) is 0.708. The van der Waals surface area contributed by atoms with Crippen LogP contribution in [0.1, 0.15) is 39.9 Å². The first-order valence-corrected chi connectivity index (χ1v) is 4.94. The van der Waals surface area contributed by atoms with Crippen molar-refractivity contribution in [2.45, 2.75) is 52.1 Å². The van der Waals surface area contributed by atoms with E-state index in [1.54, 1.807) is 4.80 Å². The topological polar surface area (TPSA) is 69.6 Å². The summed E-state index contributed by atoms with van der Waals surface area (Å²) in [4.78, 5) is 1.64. The van der Waals surface area contributed by atoms with E-state index in [-0.39, 0.29) is 11.6 Å². The van der Waals surface area contributed by atoms with Gasteiger partial charge in [0.25, 0.3) is 0 Å². The molecule has 0 radical (unpaired) electrons. The van der Waals surface area contributed by atoms with Gasteiger partial charge in [-0.1, -0.05) is 0 Å². The molecule has 0 aromatic carbocycles. The minimum atomic E-state index is -0.0976. The first-order valence-electron chi connectivity index (χ1n) is 4.94. The second-order valence-electron chi connectivity index (χ2n) is 4.68. The Bertz CT molecular complexity index is 284. The molecule has 1 atom stereocenters. The van der Waals surface area contributed by atoms with E-state index in [1.165, 1.54) is 0 Å². The zero-order valence-electron chi connectivity index (χ0n) is 9.36. The van der Waals surface area contributed by atoms with Crippen molar-refractivity contribution in [3.63, 3.8) is 0 Å². The Kier molecular flexibility index (Phi) is 3.21. The van der Waals surface area contributed by atoms with Crippen LogP contribution in [0.2, 0.25) is 0 Å². The fraction of sp³-hybridized carbons (Fsp3) is 0.889. The average molecular weight is 197 g/mol. The third-order valence-electron chi connectivity index (χ3n) is 1.88. The van der Waals surface area contributed by atoms with Crippen LogP contribution in [0.25, 0.3) is 0 Å². The third kappa shape index (κ3) is 3.06. The molecule has 0 saturated heterocycles. The number of tetrazole rings is 1. The van der Waals surface area contributed by atoms with Gasteiger partial charge in [0.15, 0.2) is 5.82 Å². The quantitative estimate of drug-likeness (QED) is 0.774. The number of nitrogens with zero attached hydrogens (tertiary/aromatic N) is 4. The van der Waals surface area contributed by atoms with Gasteiger partial charge in [-0.05, 0) is 39.3 Å². The molecule has 1 aromatic heterocycles. The number of aromatic nitrogens is 4. The summed E-state index contributed by atoms with van der Waals surface area (Å²) in [6.45, 7) is 8.12. The molecule has 1 heterocycles. The minimum Gasteiger partial charge on any atom is -0.328 e. The molecular weight excluding hydrogens is 178 g/mol. The van der Waals surface area contributed by atoms with Gasteiger partial charge in [0.1, 0.15) is 0 Å². The van der Waals surface area contributed by atoms with Crippen molar-refractivity contribution in [2.75, 3.05) is 0 Å². The van der Waals surface area contributed by atoms with Gasteiger partial charge >= 0.3 is 0 Å². The molecule has 1 unspecified atom stereocenters. The van der Waals surface area contributed by atoms with Crippen molar-refractivity contribution >= 4 is 0 Å². The Hall–Kier alpha value is -0.970. The smallest absolute Gasteiger partial charge is 0.174 e. The van der Waals surface area contributed by atoms with Gasteiger partial charge in [-0.2, -0.15) is 4.80 Å². The molecule has 80 valence electrons. The second-order valence-corrected chi connectivity index (χ2v) is 4.68. The maximum absolute atomic E-state index is 5.65. The SMILES string of the molecule is CC(N)CCc1nnn(C(C)(C)C)n1. The lowest BCUT2D eigenvalue weighted by Crippen LogP contribution is -2.24. The van der Waals surface area contributed by atoms with Crippen LogP contribution in [0.3, 0.4) is 0 Å². The number of hydrogen-bond acceptors (Lipinski definition) is 4. The standard InChI is InChI=1S/C9H19N5/c1-7(10)5-6-8-11-13-14(12-8)9(2,3)4/h7H,5-6,10H2,1-4H3. The summed E-state index contributed by atoms with van der Waals surface area (Å²) in [6, 6.07) is 0.191. The Morgan fingerprint density at radius 2 is 2.07 bits per heavy atom. The van der Waals surface area contributed by atoms with Crippen molar-refractivity contribution in [1.82, 2.24) is 20.2 Å². The van der Waals surface area contributed by atoms with Crippen molar-refractivity contribution in [3.8, 4) is 0 Å². The fourth-order valence-electron chi connectivity index (χ4n) is 0.984. The lowest BCUT2D eigenvalue weighted by molar-refractivity contribution is 0.305. The summed E-state index contributed by atoms with van der Waals surface area (Å²) in [7, 11) is 0. The van der Waals surface area contributed by atoms with E-state index in [0.717, 1.165) is 18.7 Å². The maximum atomic E-state index is 5.65. The molecule has 1 aromatic rings. The molecule has 5 heteroatoms. The molecule has 0 aliphatic heterocycles.